The molecule has 11 aromatic rings. The summed E-state index contributed by atoms with van der Waals surface area (Å²) < 4.78 is 2.72. The van der Waals surface area contributed by atoms with Gasteiger partial charge < -0.3 is 9.80 Å². The molecule has 3 heterocycles. The van der Waals surface area contributed by atoms with Crippen molar-refractivity contribution < 1.29 is 0 Å². The minimum atomic E-state index is -0.0687. The van der Waals surface area contributed by atoms with Gasteiger partial charge in [0, 0.05) is 43.2 Å². The number of nitrogens with zero attached hydrogens (tertiary/aromatic N) is 2. The lowest BCUT2D eigenvalue weighted by molar-refractivity contribution is 0.569. The van der Waals surface area contributed by atoms with Gasteiger partial charge in [-0.1, -0.05) is 218 Å². The topological polar surface area (TPSA) is 6.48 Å². The highest BCUT2D eigenvalue weighted by Gasteiger charge is 2.46. The molecule has 0 unspecified atom stereocenters. The van der Waals surface area contributed by atoms with Crippen molar-refractivity contribution in [3.05, 3.63) is 210 Å². The molecule has 10 aromatic carbocycles. The summed E-state index contributed by atoms with van der Waals surface area (Å²) in [6, 6.07) is 71.0. The van der Waals surface area contributed by atoms with Crippen LogP contribution in [-0.4, -0.2) is 6.71 Å². The van der Waals surface area contributed by atoms with E-state index in [2.05, 4.69) is 289 Å². The van der Waals surface area contributed by atoms with E-state index in [1.165, 1.54) is 142 Å². The highest BCUT2D eigenvalue weighted by Crippen LogP contribution is 2.51. The van der Waals surface area contributed by atoms with Gasteiger partial charge in [-0.05, 0) is 176 Å². The minimum absolute atomic E-state index is 0.0149. The molecule has 0 bridgehead atoms. The Morgan fingerprint density at radius 1 is 0.380 bits per heavy atom. The van der Waals surface area contributed by atoms with Gasteiger partial charge in [-0.25, -0.2) is 0 Å². The van der Waals surface area contributed by atoms with Crippen LogP contribution in [0.25, 0.3) is 64.7 Å². The summed E-state index contributed by atoms with van der Waals surface area (Å²) in [5.74, 6) is 0.360. The summed E-state index contributed by atoms with van der Waals surface area (Å²) in [6.45, 7) is 32.7. The number of anilines is 6. The van der Waals surface area contributed by atoms with Crippen molar-refractivity contribution in [1.82, 2.24) is 0 Å². The van der Waals surface area contributed by atoms with E-state index >= 15 is 0 Å². The van der Waals surface area contributed by atoms with Gasteiger partial charge in [0.2, 0.25) is 0 Å². The summed E-state index contributed by atoms with van der Waals surface area (Å²) in [5, 5.41) is 9.04. The van der Waals surface area contributed by atoms with Gasteiger partial charge in [-0.15, -0.1) is 11.3 Å². The Morgan fingerprint density at radius 2 is 0.911 bits per heavy atom. The Bertz CT molecular complexity index is 4210. The zero-order chi connectivity index (χ0) is 55.2. The van der Waals surface area contributed by atoms with Crippen LogP contribution in [0.1, 0.15) is 131 Å². The monoisotopic (exact) mass is 1040 g/mol. The first-order chi connectivity index (χ1) is 37.5. The average Bonchev–Trinajstić information content (AvgIpc) is 3.92. The molecule has 0 amide bonds. The normalized spacial score (nSPS) is 13.7. The Kier molecular flexibility index (Phi) is 11.7. The number of rotatable bonds is 5. The number of fused-ring (bicyclic) bond motifs is 12. The number of hydrogen-bond donors (Lipinski definition) is 0. The van der Waals surface area contributed by atoms with Crippen molar-refractivity contribution in [3.63, 3.8) is 0 Å². The molecule has 0 saturated heterocycles. The fraction of sp³-hybridized carbons (Fsp3) is 0.253. The SMILES string of the molecule is CC(C)c1ccc2c(c1)B1c3sc4ccc(C(C)(C)C)cc4c3N(c3ccc(-c4cc(C(C)(C)C)cc(C(C)(C)C)c4)cc3)c3cccc(c31)N2c1ccc(C(C)(C)C)cc1-c1ccc2c3ccccc3c3ccccc3c2c1. The molecule has 0 aliphatic carbocycles. The lowest BCUT2D eigenvalue weighted by Gasteiger charge is -2.43. The van der Waals surface area contributed by atoms with Gasteiger partial charge in [0.1, 0.15) is 0 Å². The van der Waals surface area contributed by atoms with E-state index in [1.54, 1.807) is 0 Å². The maximum atomic E-state index is 2.63. The first kappa shape index (κ1) is 51.1. The highest BCUT2D eigenvalue weighted by molar-refractivity contribution is 7.33. The summed E-state index contributed by atoms with van der Waals surface area (Å²) in [4.78, 5) is 5.26. The summed E-state index contributed by atoms with van der Waals surface area (Å²) in [5.41, 5.74) is 21.7. The number of thiophene rings is 1. The molecule has 2 aliphatic heterocycles. The van der Waals surface area contributed by atoms with Gasteiger partial charge in [-0.3, -0.25) is 0 Å². The molecule has 13 rings (SSSR count). The van der Waals surface area contributed by atoms with Crippen LogP contribution in [0.3, 0.4) is 0 Å². The fourth-order valence-electron chi connectivity index (χ4n) is 12.8. The molecule has 0 N–H and O–H groups in total. The van der Waals surface area contributed by atoms with E-state index in [1.807, 2.05) is 11.3 Å². The molecule has 0 spiro atoms. The maximum absolute atomic E-state index is 2.63. The number of hydrogen-bond acceptors (Lipinski definition) is 3. The molecule has 0 radical (unpaired) electrons. The second-order valence-electron chi connectivity index (χ2n) is 27.2. The van der Waals surface area contributed by atoms with Crippen LogP contribution in [0.4, 0.5) is 34.1 Å². The standard InChI is InChI=1S/C75H73BN2S/c1-45(2)47-29-35-65-63(41-47)76-69-66(77(70-62-44-51(73(6,7)8)31-37-68(62)79-71(70)76)54-32-26-46(27-33-54)49-38-52(74(9,10)11)42-53(39-49)75(12,13)14)24-19-25-67(69)78(65)64-36-30-50(72(3,4)5)43-60(64)48-28-34-59-57-22-16-15-20-55(57)56-21-17-18-23-58(56)61(59)40-48/h15-45H,1-14H3. The van der Waals surface area contributed by atoms with Crippen LogP contribution < -0.4 is 25.5 Å². The van der Waals surface area contributed by atoms with E-state index in [9.17, 15) is 0 Å². The highest BCUT2D eigenvalue weighted by atomic mass is 32.1. The van der Waals surface area contributed by atoms with Crippen molar-refractivity contribution in [2.24, 2.45) is 0 Å². The lowest BCUT2D eigenvalue weighted by Crippen LogP contribution is -2.60. The minimum Gasteiger partial charge on any atom is -0.311 e. The predicted molar refractivity (Wildman–Crippen MR) is 348 cm³/mol. The van der Waals surface area contributed by atoms with Crippen molar-refractivity contribution in [2.45, 2.75) is 125 Å². The van der Waals surface area contributed by atoms with Crippen molar-refractivity contribution in [2.75, 3.05) is 9.80 Å². The van der Waals surface area contributed by atoms with Crippen LogP contribution >= 0.6 is 11.3 Å². The second kappa shape index (κ2) is 18.1. The molecule has 0 saturated carbocycles. The second-order valence-corrected chi connectivity index (χ2v) is 28.3. The van der Waals surface area contributed by atoms with Gasteiger partial charge in [0.15, 0.2) is 0 Å². The maximum Gasteiger partial charge on any atom is 0.264 e. The largest absolute Gasteiger partial charge is 0.311 e. The molecular weight excluding hydrogens is 972 g/mol. The fourth-order valence-corrected chi connectivity index (χ4v) is 14.1. The van der Waals surface area contributed by atoms with E-state index in [0.717, 1.165) is 0 Å². The van der Waals surface area contributed by atoms with Gasteiger partial charge in [0.25, 0.3) is 6.71 Å². The number of benzene rings is 10. The third-order valence-corrected chi connectivity index (χ3v) is 18.6. The van der Waals surface area contributed by atoms with Gasteiger partial charge in [-0.2, -0.15) is 0 Å². The van der Waals surface area contributed by atoms with Gasteiger partial charge in [0.05, 0.1) is 11.4 Å². The Labute approximate surface area is 473 Å². The van der Waals surface area contributed by atoms with Crippen LogP contribution in [0, 0.1) is 0 Å². The molecule has 2 nitrogen and oxygen atoms in total. The molecule has 4 heteroatoms. The third-order valence-electron chi connectivity index (χ3n) is 17.4. The van der Waals surface area contributed by atoms with Crippen LogP contribution in [0.5, 0.6) is 0 Å². The quantitative estimate of drug-likeness (QED) is 0.125. The Balaban J connectivity index is 1.07. The molecule has 0 fully saturated rings. The molecule has 1 aromatic heterocycles. The van der Waals surface area contributed by atoms with Crippen LogP contribution in [0.2, 0.25) is 0 Å². The zero-order valence-electron chi connectivity index (χ0n) is 48.8. The van der Waals surface area contributed by atoms with E-state index in [4.69, 9.17) is 0 Å². The summed E-state index contributed by atoms with van der Waals surface area (Å²) in [6.07, 6.45) is 0. The van der Waals surface area contributed by atoms with Crippen LogP contribution in [0.15, 0.2) is 182 Å². The van der Waals surface area contributed by atoms with Crippen molar-refractivity contribution in [3.8, 4) is 22.3 Å². The van der Waals surface area contributed by atoms with Crippen molar-refractivity contribution in [1.29, 1.82) is 0 Å². The van der Waals surface area contributed by atoms with Gasteiger partial charge >= 0.3 is 0 Å². The summed E-state index contributed by atoms with van der Waals surface area (Å²) in [7, 11) is 0. The molecule has 0 atom stereocenters. The van der Waals surface area contributed by atoms with E-state index < -0.39 is 0 Å². The molecular formula is C75H73BN2S. The molecule has 79 heavy (non-hydrogen) atoms. The van der Waals surface area contributed by atoms with Crippen LogP contribution in [-0.2, 0) is 21.7 Å². The van der Waals surface area contributed by atoms with E-state index in [0.29, 0.717) is 5.92 Å². The molecule has 2 aliphatic rings. The first-order valence-corrected chi connectivity index (χ1v) is 29.5. The van der Waals surface area contributed by atoms with E-state index in [-0.39, 0.29) is 28.4 Å². The predicted octanol–water partition coefficient (Wildman–Crippen LogP) is 20.1. The lowest BCUT2D eigenvalue weighted by atomic mass is 9.36. The summed E-state index contributed by atoms with van der Waals surface area (Å²) >= 11 is 1.99. The zero-order valence-corrected chi connectivity index (χ0v) is 49.6. The Morgan fingerprint density at radius 3 is 1.51 bits per heavy atom. The molecule has 392 valence electrons. The smallest absolute Gasteiger partial charge is 0.264 e. The first-order valence-electron chi connectivity index (χ1n) is 28.7. The average molecular weight is 1050 g/mol. The van der Waals surface area contributed by atoms with Crippen molar-refractivity contribution >= 4 is 110 Å². The Hall–Kier alpha value is -7.40. The third kappa shape index (κ3) is 8.42.